The molecule has 3 aromatic carbocycles. The minimum atomic E-state index is -0.559. The Morgan fingerprint density at radius 3 is 2.78 bits per heavy atom. The van der Waals surface area contributed by atoms with Crippen molar-refractivity contribution >= 4 is 16.6 Å². The van der Waals surface area contributed by atoms with Crippen molar-refractivity contribution in [3.63, 3.8) is 0 Å². The molecule has 2 N–H and O–H groups in total. The van der Waals surface area contributed by atoms with Gasteiger partial charge in [0.25, 0.3) is 0 Å². The number of hydrogen-bond acceptors (Lipinski definition) is 8. The van der Waals surface area contributed by atoms with Crippen molar-refractivity contribution in [1.82, 2.24) is 10.3 Å². The highest BCUT2D eigenvalue weighted by atomic mass is 16.5. The van der Waals surface area contributed by atoms with Gasteiger partial charge in [-0.25, -0.2) is 4.98 Å². The third kappa shape index (κ3) is 6.47. The summed E-state index contributed by atoms with van der Waals surface area (Å²) in [6.07, 6.45) is 0.223. The Hall–Kier alpha value is -3.69. The molecule has 3 atom stereocenters. The Morgan fingerprint density at radius 2 is 1.90 bits per heavy atom. The number of hydrogen-bond donors (Lipinski definition) is 2. The molecule has 0 spiro atoms. The maximum Gasteiger partial charge on any atom is 0.219 e. The second kappa shape index (κ2) is 12.9. The number of nitrogens with zero attached hydrogens (tertiary/aromatic N) is 2. The zero-order valence-electron chi connectivity index (χ0n) is 23.4. The van der Waals surface area contributed by atoms with Crippen LogP contribution in [0.1, 0.15) is 23.5 Å². The number of rotatable bonds is 10. The van der Waals surface area contributed by atoms with Gasteiger partial charge in [-0.2, -0.15) is 0 Å². The number of β-amino-alcohol motifs (C(OH)–C–C–N with tert-alkyl or cyclic N) is 1. The quantitative estimate of drug-likeness (QED) is 0.268. The fourth-order valence-electron chi connectivity index (χ4n) is 5.70. The number of aromatic nitrogens is 1. The first kappa shape index (κ1) is 27.5. The molecular formula is C33H37N3O5. The van der Waals surface area contributed by atoms with Crippen LogP contribution in [-0.4, -0.2) is 68.8 Å². The minimum Gasteiger partial charge on any atom is -0.490 e. The van der Waals surface area contributed by atoms with Gasteiger partial charge in [-0.05, 0) is 53.9 Å². The lowest BCUT2D eigenvalue weighted by atomic mass is 9.85. The van der Waals surface area contributed by atoms with E-state index < -0.39 is 6.10 Å². The maximum atomic E-state index is 11.0. The fraction of sp³-hybridized carbons (Fsp3) is 0.364. The van der Waals surface area contributed by atoms with Crippen LogP contribution < -0.4 is 19.7 Å². The molecule has 4 aromatic rings. The maximum absolute atomic E-state index is 11.0. The number of nitrogens with one attached hydrogen (secondary N) is 1. The number of piperidine rings is 1. The van der Waals surface area contributed by atoms with Crippen molar-refractivity contribution < 1.29 is 24.1 Å². The van der Waals surface area contributed by atoms with Gasteiger partial charge in [0.15, 0.2) is 0 Å². The van der Waals surface area contributed by atoms with Crippen LogP contribution in [0.2, 0.25) is 0 Å². The van der Waals surface area contributed by atoms with Crippen molar-refractivity contribution in [2.24, 2.45) is 0 Å². The summed E-state index contributed by atoms with van der Waals surface area (Å²) in [6.45, 7) is 4.84. The zero-order chi connectivity index (χ0) is 28.0. The predicted octanol–water partition coefficient (Wildman–Crippen LogP) is 4.90. The molecule has 3 heterocycles. The zero-order valence-corrected chi connectivity index (χ0v) is 23.4. The molecule has 8 nitrogen and oxygen atoms in total. The lowest BCUT2D eigenvalue weighted by Gasteiger charge is -2.36. The van der Waals surface area contributed by atoms with E-state index in [9.17, 15) is 5.11 Å². The lowest BCUT2D eigenvalue weighted by Crippen LogP contribution is -2.49. The third-order valence-corrected chi connectivity index (χ3v) is 7.80. The summed E-state index contributed by atoms with van der Waals surface area (Å²) < 4.78 is 23.6. The topological polar surface area (TPSA) is 85.3 Å². The standard InChI is InChI=1S/C33H37N3O5/c1-38-17-4-15-36-16-18-39-30-13-7-23(19-28(30)36)22-40-31-21-34-20-29(37)33(31)25-8-11-26(12-9-25)41-32-14-10-24-5-2-3-6-27(24)35-32/h2-3,5-14,19,29,31,33-34,37H,4,15-18,20-22H2,1H3. The number of aliphatic hydroxyl groups is 1. The van der Waals surface area contributed by atoms with Crippen molar-refractivity contribution in [3.8, 4) is 17.4 Å². The Morgan fingerprint density at radius 1 is 1.02 bits per heavy atom. The molecular weight excluding hydrogens is 518 g/mol. The van der Waals surface area contributed by atoms with Gasteiger partial charge in [0.2, 0.25) is 5.88 Å². The van der Waals surface area contributed by atoms with E-state index in [0.717, 1.165) is 59.6 Å². The van der Waals surface area contributed by atoms with E-state index >= 15 is 0 Å². The van der Waals surface area contributed by atoms with Gasteiger partial charge in [0.1, 0.15) is 18.1 Å². The Bertz CT molecular complexity index is 1450. The predicted molar refractivity (Wildman–Crippen MR) is 159 cm³/mol. The number of anilines is 1. The number of benzene rings is 3. The highest BCUT2D eigenvalue weighted by Gasteiger charge is 2.34. The third-order valence-electron chi connectivity index (χ3n) is 7.80. The normalized spacial score (nSPS) is 20.4. The van der Waals surface area contributed by atoms with Gasteiger partial charge in [-0.15, -0.1) is 0 Å². The molecule has 3 unspecified atom stereocenters. The van der Waals surface area contributed by atoms with E-state index in [1.54, 1.807) is 7.11 Å². The molecule has 0 saturated carbocycles. The molecule has 1 aromatic heterocycles. The average Bonchev–Trinajstić information content (AvgIpc) is 3.01. The Kier molecular flexibility index (Phi) is 8.63. The Balaban J connectivity index is 1.12. The largest absolute Gasteiger partial charge is 0.490 e. The molecule has 1 saturated heterocycles. The van der Waals surface area contributed by atoms with E-state index in [4.69, 9.17) is 18.9 Å². The van der Waals surface area contributed by atoms with Crippen LogP contribution >= 0.6 is 0 Å². The number of fused-ring (bicyclic) bond motifs is 2. The van der Waals surface area contributed by atoms with Crippen LogP contribution in [0.4, 0.5) is 5.69 Å². The van der Waals surface area contributed by atoms with E-state index in [1.807, 2.05) is 66.7 Å². The van der Waals surface area contributed by atoms with E-state index in [1.165, 1.54) is 0 Å². The number of methoxy groups -OCH3 is 1. The minimum absolute atomic E-state index is 0.157. The molecule has 0 aliphatic carbocycles. The molecule has 214 valence electrons. The second-order valence-corrected chi connectivity index (χ2v) is 10.6. The number of aliphatic hydroxyl groups excluding tert-OH is 1. The van der Waals surface area contributed by atoms with Gasteiger partial charge < -0.3 is 34.3 Å². The van der Waals surface area contributed by atoms with E-state index in [0.29, 0.717) is 37.9 Å². The average molecular weight is 556 g/mol. The van der Waals surface area contributed by atoms with Gasteiger partial charge in [-0.3, -0.25) is 0 Å². The van der Waals surface area contributed by atoms with Gasteiger partial charge >= 0.3 is 0 Å². The second-order valence-electron chi connectivity index (χ2n) is 10.6. The van der Waals surface area contributed by atoms with E-state index in [2.05, 4.69) is 27.3 Å². The first-order chi connectivity index (χ1) is 20.2. The summed E-state index contributed by atoms with van der Waals surface area (Å²) in [5, 5.41) is 15.4. The molecule has 0 amide bonds. The molecule has 41 heavy (non-hydrogen) atoms. The Labute approximate surface area is 240 Å². The monoisotopic (exact) mass is 555 g/mol. The van der Waals surface area contributed by atoms with E-state index in [-0.39, 0.29) is 12.0 Å². The molecule has 1 fully saturated rings. The first-order valence-electron chi connectivity index (χ1n) is 14.3. The molecule has 6 rings (SSSR count). The molecule has 8 heteroatoms. The lowest BCUT2D eigenvalue weighted by molar-refractivity contribution is -0.0328. The molecule has 2 aliphatic rings. The number of pyridine rings is 1. The summed E-state index contributed by atoms with van der Waals surface area (Å²) in [6, 6.07) is 26.0. The molecule has 2 aliphatic heterocycles. The summed E-state index contributed by atoms with van der Waals surface area (Å²) in [5.74, 6) is 2.00. The van der Waals surface area contributed by atoms with Crippen LogP contribution in [-0.2, 0) is 16.1 Å². The number of ether oxygens (including phenoxy) is 4. The van der Waals surface area contributed by atoms with Crippen molar-refractivity contribution in [1.29, 1.82) is 0 Å². The summed E-state index contributed by atoms with van der Waals surface area (Å²) in [4.78, 5) is 6.96. The van der Waals surface area contributed by atoms with Crippen LogP contribution in [0.25, 0.3) is 10.9 Å². The summed E-state index contributed by atoms with van der Waals surface area (Å²) in [5.41, 5.74) is 4.09. The molecule has 0 radical (unpaired) electrons. The van der Waals surface area contributed by atoms with Gasteiger partial charge in [0, 0.05) is 50.7 Å². The summed E-state index contributed by atoms with van der Waals surface area (Å²) >= 11 is 0. The van der Waals surface area contributed by atoms with Gasteiger partial charge in [-0.1, -0.05) is 36.4 Å². The van der Waals surface area contributed by atoms with Crippen LogP contribution in [0.5, 0.6) is 17.4 Å². The van der Waals surface area contributed by atoms with Gasteiger partial charge in [0.05, 0.1) is 36.6 Å². The van der Waals surface area contributed by atoms with Crippen LogP contribution in [0.3, 0.4) is 0 Å². The SMILES string of the molecule is COCCCN1CCOc2ccc(COC3CNCC(O)C3c3ccc(Oc4ccc5ccccc5n4)cc3)cc21. The van der Waals surface area contributed by atoms with Crippen LogP contribution in [0.15, 0.2) is 78.9 Å². The smallest absolute Gasteiger partial charge is 0.219 e. The summed E-state index contributed by atoms with van der Waals surface area (Å²) in [7, 11) is 1.73. The van der Waals surface area contributed by atoms with Crippen molar-refractivity contribution in [3.05, 3.63) is 90.0 Å². The van der Waals surface area contributed by atoms with Crippen molar-refractivity contribution in [2.45, 2.75) is 31.2 Å². The first-order valence-corrected chi connectivity index (χ1v) is 14.3. The number of para-hydroxylation sites is 1. The highest BCUT2D eigenvalue weighted by Crippen LogP contribution is 2.34. The van der Waals surface area contributed by atoms with Crippen LogP contribution in [0, 0.1) is 0 Å². The molecule has 0 bridgehead atoms. The fourth-order valence-corrected chi connectivity index (χ4v) is 5.70. The highest BCUT2D eigenvalue weighted by molar-refractivity contribution is 5.78. The van der Waals surface area contributed by atoms with Crippen molar-refractivity contribution in [2.75, 3.05) is 51.4 Å².